The number of hydrogen-bond donors (Lipinski definition) is 0. The Labute approximate surface area is 768 Å². The summed E-state index contributed by atoms with van der Waals surface area (Å²) in [5, 5.41) is 0. The summed E-state index contributed by atoms with van der Waals surface area (Å²) >= 11 is 8.79. The minimum absolute atomic E-state index is 0.00951. The summed E-state index contributed by atoms with van der Waals surface area (Å²) in [5.41, 5.74) is 0. The van der Waals surface area contributed by atoms with Gasteiger partial charge in [-0.3, -0.25) is 47.9 Å². The number of hydrogen-bond acceptors (Lipinski definition) is 28. The highest BCUT2D eigenvalue weighted by Gasteiger charge is 2.23. The van der Waals surface area contributed by atoms with Crippen LogP contribution < -0.4 is 0 Å². The number of unbranched alkanes of at least 4 members (excludes halogenated alkanes) is 29. The first kappa shape index (κ1) is 119. The maximum Gasteiger partial charge on any atom is 0.309 e. The van der Waals surface area contributed by atoms with Gasteiger partial charge in [-0.1, -0.05) is 249 Å². The van der Waals surface area contributed by atoms with Crippen molar-refractivity contribution < 1.29 is 95.3 Å². The molecule has 0 aromatic rings. The van der Waals surface area contributed by atoms with Gasteiger partial charge < -0.3 is 62.1 Å². The van der Waals surface area contributed by atoms with E-state index in [-0.39, 0.29) is 171 Å². The van der Waals surface area contributed by atoms with Crippen molar-refractivity contribution in [2.75, 3.05) is 183 Å². The Morgan fingerprint density at radius 1 is 0.195 bits per heavy atom. The first-order chi connectivity index (χ1) is 59.7. The number of rotatable bonds is 92. The Hall–Kier alpha value is -3.67. The summed E-state index contributed by atoms with van der Waals surface area (Å²) < 4.78 is 55.1. The third kappa shape index (κ3) is 79.0. The SMILES string of the molecule is CCCCCCCCSCC(C)C(=O)OCCOC(=O)CCN(CCCCCCCN(CCC(=O)OCCOC(=O)C(C)CSCCCCCCCC)CCC(=O)OCCOC(=O)C(C)CSCCCCCCCC)CCCN(CCC(=O)OCCOC(=O)C(C)CSCCCCCCCC)CCC(=O)OCCOC(=O)C(C)CSCCCCCCCC. The molecule has 0 saturated carbocycles. The molecule has 0 N–H and O–H groups in total. The molecule has 0 saturated heterocycles. The van der Waals surface area contributed by atoms with Gasteiger partial charge in [-0.25, -0.2) is 0 Å². The van der Waals surface area contributed by atoms with Crippen LogP contribution in [0, 0.1) is 29.6 Å². The van der Waals surface area contributed by atoms with E-state index in [2.05, 4.69) is 39.5 Å². The molecule has 0 aromatic heterocycles. The van der Waals surface area contributed by atoms with E-state index in [1.807, 2.05) is 44.4 Å². The molecule has 5 atom stereocenters. The van der Waals surface area contributed by atoms with Crippen LogP contribution in [0.15, 0.2) is 0 Å². The second-order valence-corrected chi connectivity index (χ2v) is 38.8. The molecule has 123 heavy (non-hydrogen) atoms. The van der Waals surface area contributed by atoms with E-state index in [1.54, 1.807) is 58.8 Å². The van der Waals surface area contributed by atoms with Crippen molar-refractivity contribution >= 4 is 119 Å². The van der Waals surface area contributed by atoms with Crippen molar-refractivity contribution in [1.82, 2.24) is 14.7 Å². The van der Waals surface area contributed by atoms with Crippen molar-refractivity contribution in [1.29, 1.82) is 0 Å². The second kappa shape index (κ2) is 88.9. The largest absolute Gasteiger partial charge is 0.462 e. The van der Waals surface area contributed by atoms with Gasteiger partial charge in [0.1, 0.15) is 66.1 Å². The summed E-state index contributed by atoms with van der Waals surface area (Å²) in [5.74, 6) is 3.06. The van der Waals surface area contributed by atoms with E-state index >= 15 is 0 Å². The summed E-state index contributed by atoms with van der Waals surface area (Å²) in [6.07, 6.45) is 41.5. The Morgan fingerprint density at radius 3 is 0.545 bits per heavy atom. The molecule has 0 aromatic carbocycles. The first-order valence-electron chi connectivity index (χ1n) is 48.4. The number of esters is 10. The summed E-state index contributed by atoms with van der Waals surface area (Å²) in [4.78, 5) is 136. The lowest BCUT2D eigenvalue weighted by Crippen LogP contribution is -2.34. The smallest absolute Gasteiger partial charge is 0.309 e. The fourth-order valence-electron chi connectivity index (χ4n) is 13.1. The normalized spacial score (nSPS) is 12.7. The zero-order valence-corrected chi connectivity index (χ0v) is 83.0. The molecule has 0 radical (unpaired) electrons. The molecule has 0 heterocycles. The van der Waals surface area contributed by atoms with E-state index in [0.29, 0.717) is 81.0 Å². The van der Waals surface area contributed by atoms with E-state index in [0.717, 1.165) is 93.0 Å². The third-order valence-corrected chi connectivity index (χ3v) is 27.6. The van der Waals surface area contributed by atoms with Crippen LogP contribution in [0.1, 0.15) is 332 Å². The van der Waals surface area contributed by atoms with E-state index < -0.39 is 29.8 Å². The van der Waals surface area contributed by atoms with Gasteiger partial charge in [-0.15, -0.1) is 0 Å². The van der Waals surface area contributed by atoms with Crippen LogP contribution in [0.3, 0.4) is 0 Å². The van der Waals surface area contributed by atoms with Gasteiger partial charge in [-0.05, 0) is 106 Å². The van der Waals surface area contributed by atoms with Gasteiger partial charge in [-0.2, -0.15) is 58.8 Å². The fourth-order valence-corrected chi connectivity index (χ4v) is 18.4. The van der Waals surface area contributed by atoms with Crippen LogP contribution in [0.4, 0.5) is 0 Å². The van der Waals surface area contributed by atoms with Gasteiger partial charge >= 0.3 is 59.7 Å². The topological polar surface area (TPSA) is 273 Å². The van der Waals surface area contributed by atoms with Gasteiger partial charge in [0.15, 0.2) is 0 Å². The Morgan fingerprint density at radius 2 is 0.350 bits per heavy atom. The molecular weight excluding hydrogens is 1660 g/mol. The van der Waals surface area contributed by atoms with Crippen molar-refractivity contribution in [3.63, 3.8) is 0 Å². The van der Waals surface area contributed by atoms with E-state index in [1.165, 1.54) is 161 Å². The standard InChI is InChI=1S/C95H175N3O20S5/c1-11-16-21-26-34-41-71-119-76-81(6)91(104)114-66-61-109-86(99)47-56-96(54-46-55-98(59-50-89(102)112-64-69-117-94(107)84(9)79-122-74-44-37-29-24-19-14-4)60-51-90(103)113-65-70-118-95(108)85(10)80-123-75-45-38-30-25-20-15-5)52-39-32-31-33-40-53-97(57-48-87(100)110-62-67-115-92(105)82(7)77-120-72-42-35-27-22-17-12-2)58-49-88(101)111-63-68-116-93(106)83(8)78-121-73-43-36-28-23-18-13-3/h81-85H,11-80H2,1-10H3. The summed E-state index contributed by atoms with van der Waals surface area (Å²) in [7, 11) is 0. The van der Waals surface area contributed by atoms with E-state index in [9.17, 15) is 47.9 Å². The molecule has 23 nitrogen and oxygen atoms in total. The van der Waals surface area contributed by atoms with Crippen LogP contribution in [0.5, 0.6) is 0 Å². The van der Waals surface area contributed by atoms with Gasteiger partial charge in [0.2, 0.25) is 0 Å². The Bertz CT molecular complexity index is 2460. The average Bonchev–Trinajstić information content (AvgIpc) is 0.952. The predicted octanol–water partition coefficient (Wildman–Crippen LogP) is 20.3. The Kier molecular flexibility index (Phi) is 86.3. The fraction of sp³-hybridized carbons (Fsp3) is 0.895. The van der Waals surface area contributed by atoms with Gasteiger partial charge in [0, 0.05) is 61.5 Å². The second-order valence-electron chi connectivity index (χ2n) is 33.1. The number of carbonyl (C=O) groups excluding carboxylic acids is 10. The van der Waals surface area contributed by atoms with Crippen LogP contribution >= 0.6 is 58.8 Å². The highest BCUT2D eigenvalue weighted by Crippen LogP contribution is 2.21. The molecule has 0 aliphatic carbocycles. The Balaban J connectivity index is 6.21. The predicted molar refractivity (Wildman–Crippen MR) is 509 cm³/mol. The maximum atomic E-state index is 13.4. The first-order valence-corrected chi connectivity index (χ1v) is 54.2. The minimum Gasteiger partial charge on any atom is -0.462 e. The quantitative estimate of drug-likeness (QED) is 0.0311. The molecule has 0 bridgehead atoms. The van der Waals surface area contributed by atoms with Crippen LogP contribution in [0.25, 0.3) is 0 Å². The molecule has 0 amide bonds. The molecule has 0 aliphatic heterocycles. The zero-order chi connectivity index (χ0) is 90.5. The lowest BCUT2D eigenvalue weighted by atomic mass is 10.1. The monoisotopic (exact) mass is 1840 g/mol. The van der Waals surface area contributed by atoms with Gasteiger partial charge in [0.25, 0.3) is 0 Å². The molecular formula is C95H175N3O20S5. The van der Waals surface area contributed by atoms with E-state index in [4.69, 9.17) is 47.4 Å². The van der Waals surface area contributed by atoms with Crippen molar-refractivity contribution in [2.24, 2.45) is 29.6 Å². The number of ether oxygens (including phenoxy) is 10. The number of nitrogens with zero attached hydrogens (tertiary/aromatic N) is 3. The lowest BCUT2D eigenvalue weighted by Gasteiger charge is -2.25. The van der Waals surface area contributed by atoms with Crippen LogP contribution in [0.2, 0.25) is 0 Å². The molecule has 5 unspecified atom stereocenters. The average molecular weight is 1840 g/mol. The highest BCUT2D eigenvalue weighted by atomic mass is 32.2. The van der Waals surface area contributed by atoms with Gasteiger partial charge in [0.05, 0.1) is 61.7 Å². The third-order valence-electron chi connectivity index (χ3n) is 21.1. The number of thioether (sulfide) groups is 5. The molecule has 0 rings (SSSR count). The maximum absolute atomic E-state index is 13.4. The molecule has 0 spiro atoms. The van der Waals surface area contributed by atoms with Crippen molar-refractivity contribution in [2.45, 2.75) is 332 Å². The summed E-state index contributed by atoms with van der Waals surface area (Å²) in [6.45, 7) is 23.6. The van der Waals surface area contributed by atoms with Crippen molar-refractivity contribution in [3.05, 3.63) is 0 Å². The highest BCUT2D eigenvalue weighted by molar-refractivity contribution is 8.00. The summed E-state index contributed by atoms with van der Waals surface area (Å²) in [6, 6.07) is 0. The zero-order valence-electron chi connectivity index (χ0n) is 78.9. The minimum atomic E-state index is -0.477. The molecule has 720 valence electrons. The molecule has 0 fully saturated rings. The number of carbonyl (C=O) groups is 10. The molecule has 0 aliphatic rings. The van der Waals surface area contributed by atoms with Crippen LogP contribution in [-0.4, -0.2) is 257 Å². The van der Waals surface area contributed by atoms with Crippen molar-refractivity contribution in [3.8, 4) is 0 Å². The molecule has 28 heteroatoms. The lowest BCUT2D eigenvalue weighted by molar-refractivity contribution is -0.154. The van der Waals surface area contributed by atoms with Crippen LogP contribution in [-0.2, 0) is 95.3 Å².